The molecule has 1 heterocycles. The Hall–Kier alpha value is -1.88. The minimum atomic E-state index is -0.980. The molecule has 0 unspecified atom stereocenters. The van der Waals surface area contributed by atoms with Crippen LogP contribution < -0.4 is 0 Å². The number of carboxylic acids is 1. The van der Waals surface area contributed by atoms with Crippen LogP contribution in [-0.4, -0.2) is 16.1 Å². The summed E-state index contributed by atoms with van der Waals surface area (Å²) in [5, 5.41) is 9.50. The maximum Gasteiger partial charge on any atom is 0.335 e. The molecule has 2 aromatic rings. The summed E-state index contributed by atoms with van der Waals surface area (Å²) in [4.78, 5) is 14.9. The van der Waals surface area contributed by atoms with Crippen LogP contribution in [0.3, 0.4) is 0 Å². The van der Waals surface area contributed by atoms with Gasteiger partial charge in [-0.3, -0.25) is 0 Å². The van der Waals surface area contributed by atoms with Crippen molar-refractivity contribution < 1.29 is 14.3 Å². The Kier molecular flexibility index (Phi) is 4.16. The lowest BCUT2D eigenvalue weighted by atomic mass is 10.1. The van der Waals surface area contributed by atoms with Crippen molar-refractivity contribution in [3.8, 4) is 0 Å². The van der Waals surface area contributed by atoms with Gasteiger partial charge < -0.3 is 5.11 Å². The van der Waals surface area contributed by atoms with Crippen molar-refractivity contribution in [1.29, 1.82) is 0 Å². The van der Waals surface area contributed by atoms with Crippen molar-refractivity contribution in [1.82, 2.24) is 4.98 Å². The lowest BCUT2D eigenvalue weighted by Crippen LogP contribution is -1.97. The largest absolute Gasteiger partial charge is 0.478 e. The maximum absolute atomic E-state index is 13.1. The van der Waals surface area contributed by atoms with E-state index in [9.17, 15) is 9.18 Å². The van der Waals surface area contributed by atoms with Gasteiger partial charge in [0.1, 0.15) is 5.82 Å². The molecule has 0 amide bonds. The topological polar surface area (TPSA) is 50.2 Å². The third kappa shape index (κ3) is 3.54. The smallest absolute Gasteiger partial charge is 0.335 e. The number of rotatable bonds is 4. The van der Waals surface area contributed by atoms with Crippen LogP contribution in [0.4, 0.5) is 4.39 Å². The summed E-state index contributed by atoms with van der Waals surface area (Å²) < 4.78 is 13.1. The average molecular weight is 277 g/mol. The Morgan fingerprint density at radius 3 is 2.89 bits per heavy atom. The fourth-order valence-corrected chi connectivity index (χ4v) is 2.53. The van der Waals surface area contributed by atoms with E-state index in [1.807, 2.05) is 6.92 Å². The summed E-state index contributed by atoms with van der Waals surface area (Å²) in [5.41, 5.74) is 2.09. The summed E-state index contributed by atoms with van der Waals surface area (Å²) in [5.74, 6) is -0.695. The Labute approximate surface area is 114 Å². The van der Waals surface area contributed by atoms with Crippen LogP contribution in [0.5, 0.6) is 0 Å². The normalized spacial score (nSPS) is 10.4. The van der Waals surface area contributed by atoms with Gasteiger partial charge in [-0.05, 0) is 42.3 Å². The molecule has 2 rings (SSSR count). The van der Waals surface area contributed by atoms with Gasteiger partial charge in [0, 0.05) is 11.9 Å². The standard InChI is InChI=1S/C14H12FNO2S/c1-9-2-3-12(15)6-11(9)8-19-13-7-10(14(17)18)4-5-16-13/h2-7H,8H2,1H3,(H,17,18). The first-order valence-electron chi connectivity index (χ1n) is 5.63. The summed E-state index contributed by atoms with van der Waals surface area (Å²) in [7, 11) is 0. The van der Waals surface area contributed by atoms with Gasteiger partial charge in [-0.1, -0.05) is 6.07 Å². The second-order valence-corrected chi connectivity index (χ2v) is 5.04. The Bertz CT molecular complexity index is 616. The molecule has 0 saturated heterocycles. The molecule has 5 heteroatoms. The zero-order valence-corrected chi connectivity index (χ0v) is 11.1. The molecule has 98 valence electrons. The van der Waals surface area contributed by atoms with Crippen LogP contribution in [-0.2, 0) is 5.75 Å². The highest BCUT2D eigenvalue weighted by molar-refractivity contribution is 7.98. The van der Waals surface area contributed by atoms with Crippen LogP contribution in [0.1, 0.15) is 21.5 Å². The fraction of sp³-hybridized carbons (Fsp3) is 0.143. The molecule has 0 saturated carbocycles. The first-order chi connectivity index (χ1) is 9.06. The minimum absolute atomic E-state index is 0.202. The number of benzene rings is 1. The van der Waals surface area contributed by atoms with E-state index in [1.54, 1.807) is 6.07 Å². The number of halogens is 1. The molecule has 3 nitrogen and oxygen atoms in total. The summed E-state index contributed by atoms with van der Waals surface area (Å²) in [6, 6.07) is 7.60. The highest BCUT2D eigenvalue weighted by Crippen LogP contribution is 2.23. The monoisotopic (exact) mass is 277 g/mol. The van der Waals surface area contributed by atoms with Crippen LogP contribution >= 0.6 is 11.8 Å². The Balaban J connectivity index is 2.12. The Morgan fingerprint density at radius 2 is 2.16 bits per heavy atom. The number of hydrogen-bond acceptors (Lipinski definition) is 3. The zero-order chi connectivity index (χ0) is 13.8. The predicted molar refractivity (Wildman–Crippen MR) is 71.9 cm³/mol. The molecule has 0 aliphatic carbocycles. The van der Waals surface area contributed by atoms with Gasteiger partial charge >= 0.3 is 5.97 Å². The lowest BCUT2D eigenvalue weighted by Gasteiger charge is -2.06. The number of carbonyl (C=O) groups is 1. The maximum atomic E-state index is 13.1. The van der Waals surface area contributed by atoms with Crippen molar-refractivity contribution in [2.24, 2.45) is 0 Å². The molecule has 0 spiro atoms. The van der Waals surface area contributed by atoms with E-state index in [2.05, 4.69) is 4.98 Å². The average Bonchev–Trinajstić information content (AvgIpc) is 2.40. The molecular formula is C14H12FNO2S. The van der Waals surface area contributed by atoms with Gasteiger partial charge in [-0.2, -0.15) is 0 Å². The van der Waals surface area contributed by atoms with E-state index in [0.717, 1.165) is 11.1 Å². The van der Waals surface area contributed by atoms with E-state index in [4.69, 9.17) is 5.11 Å². The van der Waals surface area contributed by atoms with Crippen molar-refractivity contribution in [2.75, 3.05) is 0 Å². The molecule has 19 heavy (non-hydrogen) atoms. The zero-order valence-electron chi connectivity index (χ0n) is 10.3. The molecule has 1 aromatic carbocycles. The lowest BCUT2D eigenvalue weighted by molar-refractivity contribution is 0.0696. The first-order valence-corrected chi connectivity index (χ1v) is 6.62. The molecule has 0 aliphatic heterocycles. The highest BCUT2D eigenvalue weighted by Gasteiger charge is 2.06. The number of nitrogens with zero attached hydrogens (tertiary/aromatic N) is 1. The van der Waals surface area contributed by atoms with Gasteiger partial charge in [0.15, 0.2) is 0 Å². The third-order valence-electron chi connectivity index (χ3n) is 2.67. The van der Waals surface area contributed by atoms with Crippen LogP contribution in [0.2, 0.25) is 0 Å². The summed E-state index contributed by atoms with van der Waals surface area (Å²) >= 11 is 1.39. The molecule has 0 radical (unpaired) electrons. The van der Waals surface area contributed by atoms with Gasteiger partial charge in [-0.25, -0.2) is 14.2 Å². The quantitative estimate of drug-likeness (QED) is 0.869. The van der Waals surface area contributed by atoms with Crippen LogP contribution in [0.15, 0.2) is 41.6 Å². The van der Waals surface area contributed by atoms with Crippen LogP contribution in [0, 0.1) is 12.7 Å². The number of thioether (sulfide) groups is 1. The number of hydrogen-bond donors (Lipinski definition) is 1. The summed E-state index contributed by atoms with van der Waals surface area (Å²) in [6.45, 7) is 1.91. The molecule has 0 fully saturated rings. The van der Waals surface area contributed by atoms with E-state index in [0.29, 0.717) is 10.8 Å². The van der Waals surface area contributed by atoms with Gasteiger partial charge in [-0.15, -0.1) is 11.8 Å². The number of aryl methyl sites for hydroxylation is 1. The number of pyridine rings is 1. The second kappa shape index (κ2) is 5.84. The van der Waals surface area contributed by atoms with Crippen molar-refractivity contribution in [3.05, 3.63) is 59.0 Å². The number of aromatic carboxylic acids is 1. The van der Waals surface area contributed by atoms with Crippen molar-refractivity contribution in [3.63, 3.8) is 0 Å². The van der Waals surface area contributed by atoms with E-state index in [1.165, 1.54) is 42.2 Å². The number of aromatic nitrogens is 1. The second-order valence-electron chi connectivity index (χ2n) is 4.05. The highest BCUT2D eigenvalue weighted by atomic mass is 32.2. The first kappa shape index (κ1) is 13.5. The van der Waals surface area contributed by atoms with E-state index >= 15 is 0 Å². The van der Waals surface area contributed by atoms with Gasteiger partial charge in [0.05, 0.1) is 10.6 Å². The fourth-order valence-electron chi connectivity index (χ4n) is 1.57. The Morgan fingerprint density at radius 1 is 1.37 bits per heavy atom. The van der Waals surface area contributed by atoms with E-state index in [-0.39, 0.29) is 11.4 Å². The van der Waals surface area contributed by atoms with Crippen molar-refractivity contribution in [2.45, 2.75) is 17.7 Å². The minimum Gasteiger partial charge on any atom is -0.478 e. The summed E-state index contributed by atoms with van der Waals surface area (Å²) in [6.07, 6.45) is 1.46. The van der Waals surface area contributed by atoms with E-state index < -0.39 is 5.97 Å². The SMILES string of the molecule is Cc1ccc(F)cc1CSc1cc(C(=O)O)ccn1. The molecule has 1 aromatic heterocycles. The molecule has 1 N–H and O–H groups in total. The molecular weight excluding hydrogens is 265 g/mol. The predicted octanol–water partition coefficient (Wildman–Crippen LogP) is 3.52. The van der Waals surface area contributed by atoms with Crippen LogP contribution in [0.25, 0.3) is 0 Å². The van der Waals surface area contributed by atoms with Crippen molar-refractivity contribution >= 4 is 17.7 Å². The molecule has 0 aliphatic rings. The third-order valence-corrected chi connectivity index (χ3v) is 3.64. The van der Waals surface area contributed by atoms with Gasteiger partial charge in [0.2, 0.25) is 0 Å². The molecule has 0 bridgehead atoms. The number of carboxylic acid groups (broad SMARTS) is 1. The van der Waals surface area contributed by atoms with Gasteiger partial charge in [0.25, 0.3) is 0 Å². The molecule has 0 atom stereocenters.